The largest absolute Gasteiger partial charge is 0.548 e. The number of aliphatic hydroxyl groups excluding tert-OH is 3. The summed E-state index contributed by atoms with van der Waals surface area (Å²) in [6.45, 7) is 3.05. The summed E-state index contributed by atoms with van der Waals surface area (Å²) < 4.78 is 6.63. The second kappa shape index (κ2) is 9.55. The Bertz CT molecular complexity index is 624. The van der Waals surface area contributed by atoms with E-state index in [4.69, 9.17) is 20.7 Å². The Hall–Kier alpha value is -2.11. The summed E-state index contributed by atoms with van der Waals surface area (Å²) in [7, 11) is 0. The van der Waals surface area contributed by atoms with Crippen LogP contribution in [0.3, 0.4) is 0 Å². The van der Waals surface area contributed by atoms with E-state index in [0.29, 0.717) is 0 Å². The van der Waals surface area contributed by atoms with Crippen molar-refractivity contribution in [3.8, 4) is 0 Å². The number of aromatic nitrogens is 1. The number of carboxylic acid groups (broad SMARTS) is 2. The number of carboxylic acids is 2. The highest BCUT2D eigenvalue weighted by atomic mass is 16.6. The van der Waals surface area contributed by atoms with Crippen LogP contribution in [0.5, 0.6) is 0 Å². The highest BCUT2D eigenvalue weighted by Gasteiger charge is 2.47. The van der Waals surface area contributed by atoms with Crippen LogP contribution in [0, 0.1) is 5.92 Å². The fraction of sp³-hybridized carbons (Fsp3) is 0.562. The Morgan fingerprint density at radius 2 is 1.96 bits per heavy atom. The maximum Gasteiger partial charge on any atom is 0.341 e. The first-order valence-corrected chi connectivity index (χ1v) is 7.93. The molecule has 0 aromatic carbocycles. The summed E-state index contributed by atoms with van der Waals surface area (Å²) in [5, 5.41) is 47.1. The van der Waals surface area contributed by atoms with Gasteiger partial charge in [-0.25, -0.2) is 4.79 Å². The van der Waals surface area contributed by atoms with Crippen LogP contribution in [0.25, 0.3) is 0 Å². The van der Waals surface area contributed by atoms with Crippen molar-refractivity contribution >= 4 is 11.9 Å². The van der Waals surface area contributed by atoms with Gasteiger partial charge < -0.3 is 40.8 Å². The van der Waals surface area contributed by atoms with Gasteiger partial charge in [0.05, 0.1) is 12.6 Å². The first kappa shape index (κ1) is 21.9. The summed E-state index contributed by atoms with van der Waals surface area (Å²) in [6.07, 6.45) is -1.42. The lowest BCUT2D eigenvalue weighted by atomic mass is 10.1. The zero-order chi connectivity index (χ0) is 20.0. The molecule has 26 heavy (non-hydrogen) atoms. The summed E-state index contributed by atoms with van der Waals surface area (Å²) in [5.41, 5.74) is 5.13. The smallest absolute Gasteiger partial charge is 0.341 e. The van der Waals surface area contributed by atoms with Crippen molar-refractivity contribution < 1.29 is 44.4 Å². The van der Waals surface area contributed by atoms with E-state index in [0.717, 1.165) is 0 Å². The zero-order valence-corrected chi connectivity index (χ0v) is 14.4. The molecule has 1 aliphatic rings. The van der Waals surface area contributed by atoms with Gasteiger partial charge in [-0.15, -0.1) is 0 Å². The zero-order valence-electron chi connectivity index (χ0n) is 14.4. The molecule has 0 spiro atoms. The molecular formula is C16H24N2O8. The molecule has 10 nitrogen and oxygen atoms in total. The minimum atomic E-state index is -1.23. The van der Waals surface area contributed by atoms with Gasteiger partial charge in [-0.1, -0.05) is 13.8 Å². The van der Waals surface area contributed by atoms with Crippen LogP contribution in [0.1, 0.15) is 30.4 Å². The molecule has 146 valence electrons. The monoisotopic (exact) mass is 372 g/mol. The quantitative estimate of drug-likeness (QED) is 0.337. The third kappa shape index (κ3) is 5.44. The van der Waals surface area contributed by atoms with E-state index in [1.165, 1.54) is 29.1 Å². The average Bonchev–Trinajstić information content (AvgIpc) is 2.89. The Kier molecular flexibility index (Phi) is 8.06. The van der Waals surface area contributed by atoms with Crippen LogP contribution in [-0.2, 0) is 9.53 Å². The summed E-state index contributed by atoms with van der Waals surface area (Å²) >= 11 is 0. The first-order chi connectivity index (χ1) is 12.1. The summed E-state index contributed by atoms with van der Waals surface area (Å²) in [4.78, 5) is 20.7. The molecule has 0 saturated carbocycles. The van der Waals surface area contributed by atoms with Crippen molar-refractivity contribution in [2.45, 2.75) is 44.4 Å². The number of aliphatic hydroxyl groups is 3. The first-order valence-electron chi connectivity index (χ1n) is 7.93. The van der Waals surface area contributed by atoms with Crippen LogP contribution in [0.15, 0.2) is 24.5 Å². The number of carbonyl (C=O) groups is 2. The van der Waals surface area contributed by atoms with E-state index in [1.807, 2.05) is 0 Å². The molecule has 1 fully saturated rings. The SMILES string of the molecule is CC(C)C(N)C(=O)[O-].O=C(O)c1ccc[n+]([C@@H]2O[C@H](CO)[C@@H](O)[C@H]2O)c1. The molecule has 0 aliphatic carbocycles. The van der Waals surface area contributed by atoms with Crippen molar-refractivity contribution in [2.24, 2.45) is 11.7 Å². The summed E-state index contributed by atoms with van der Waals surface area (Å²) in [6, 6.07) is 2.08. The van der Waals surface area contributed by atoms with Crippen LogP contribution < -0.4 is 15.4 Å². The number of hydrogen-bond acceptors (Lipinski definition) is 8. The lowest BCUT2D eigenvalue weighted by Gasteiger charge is -2.15. The van der Waals surface area contributed by atoms with Crippen molar-refractivity contribution in [3.05, 3.63) is 30.1 Å². The second-order valence-electron chi connectivity index (χ2n) is 6.16. The van der Waals surface area contributed by atoms with E-state index in [-0.39, 0.29) is 11.5 Å². The van der Waals surface area contributed by atoms with Crippen molar-refractivity contribution in [1.29, 1.82) is 0 Å². The van der Waals surface area contributed by atoms with Gasteiger partial charge in [0, 0.05) is 12.1 Å². The molecule has 1 aliphatic heterocycles. The predicted molar refractivity (Wildman–Crippen MR) is 84.4 cm³/mol. The van der Waals surface area contributed by atoms with E-state index < -0.39 is 49.1 Å². The van der Waals surface area contributed by atoms with Gasteiger partial charge in [0.25, 0.3) is 6.23 Å². The minimum Gasteiger partial charge on any atom is -0.548 e. The maximum absolute atomic E-state index is 10.8. The Morgan fingerprint density at radius 3 is 2.35 bits per heavy atom. The number of rotatable bonds is 5. The van der Waals surface area contributed by atoms with Crippen LogP contribution in [0.4, 0.5) is 0 Å². The molecule has 6 N–H and O–H groups in total. The fourth-order valence-electron chi connectivity index (χ4n) is 2.18. The van der Waals surface area contributed by atoms with Gasteiger partial charge in [0.2, 0.25) is 0 Å². The van der Waals surface area contributed by atoms with Crippen molar-refractivity contribution in [3.63, 3.8) is 0 Å². The number of carbonyl (C=O) groups excluding carboxylic acids is 1. The summed E-state index contributed by atoms with van der Waals surface area (Å²) in [5.74, 6) is -2.32. The number of hydrogen-bond donors (Lipinski definition) is 5. The van der Waals surface area contributed by atoms with Gasteiger partial charge >= 0.3 is 5.97 Å². The molecule has 0 amide bonds. The molecule has 1 unspecified atom stereocenters. The van der Waals surface area contributed by atoms with Crippen LogP contribution >= 0.6 is 0 Å². The Balaban J connectivity index is 0.000000359. The van der Waals surface area contributed by atoms with E-state index in [9.17, 15) is 24.9 Å². The Morgan fingerprint density at radius 1 is 1.35 bits per heavy atom. The van der Waals surface area contributed by atoms with E-state index in [2.05, 4.69) is 0 Å². The fourth-order valence-corrected chi connectivity index (χ4v) is 2.18. The molecule has 0 radical (unpaired) electrons. The lowest BCUT2D eigenvalue weighted by Crippen LogP contribution is -2.46. The lowest BCUT2D eigenvalue weighted by molar-refractivity contribution is -0.765. The van der Waals surface area contributed by atoms with Gasteiger partial charge in [0.1, 0.15) is 17.8 Å². The highest BCUT2D eigenvalue weighted by Crippen LogP contribution is 2.25. The van der Waals surface area contributed by atoms with Gasteiger partial charge in [-0.05, 0) is 12.0 Å². The number of pyridine rings is 1. The Labute approximate surface area is 150 Å². The van der Waals surface area contributed by atoms with Crippen LogP contribution in [-0.4, -0.2) is 63.3 Å². The molecule has 1 saturated heterocycles. The third-order valence-electron chi connectivity index (χ3n) is 3.87. The number of ether oxygens (including phenoxy) is 1. The minimum absolute atomic E-state index is 0.0373. The number of aliphatic carboxylic acids is 1. The standard InChI is InChI=1S/C11H13NO6.C5H11NO2/c13-5-7-8(14)9(15)10(18-7)12-3-1-2-6(4-12)11(16)17;1-3(2)4(6)5(7)8/h1-4,7-10,13-15H,5H2;3-4H,6H2,1-2H3,(H,7,8)/t7-,8-,9-,10-;/m1./s1. The topological polar surface area (TPSA) is 177 Å². The van der Waals surface area contributed by atoms with Gasteiger partial charge in [0.15, 0.2) is 18.5 Å². The van der Waals surface area contributed by atoms with E-state index in [1.54, 1.807) is 13.8 Å². The molecule has 2 rings (SSSR count). The van der Waals surface area contributed by atoms with E-state index >= 15 is 0 Å². The molecule has 2 heterocycles. The molecular weight excluding hydrogens is 348 g/mol. The number of aromatic carboxylic acids is 1. The van der Waals surface area contributed by atoms with Crippen molar-refractivity contribution in [2.75, 3.05) is 6.61 Å². The number of nitrogens with two attached hydrogens (primary N) is 1. The molecule has 5 atom stereocenters. The predicted octanol–water partition coefficient (Wildman–Crippen LogP) is -3.00. The third-order valence-corrected chi connectivity index (χ3v) is 3.87. The molecule has 0 bridgehead atoms. The highest BCUT2D eigenvalue weighted by molar-refractivity contribution is 5.86. The second-order valence-corrected chi connectivity index (χ2v) is 6.16. The van der Waals surface area contributed by atoms with Crippen LogP contribution in [0.2, 0.25) is 0 Å². The number of nitrogens with zero attached hydrogens (tertiary/aromatic N) is 1. The maximum atomic E-state index is 10.8. The molecule has 1 aromatic heterocycles. The molecule has 1 aromatic rings. The molecule has 10 heteroatoms. The van der Waals surface area contributed by atoms with Gasteiger partial charge in [-0.2, -0.15) is 4.57 Å². The van der Waals surface area contributed by atoms with Gasteiger partial charge in [-0.3, -0.25) is 0 Å². The van der Waals surface area contributed by atoms with Crippen molar-refractivity contribution in [1.82, 2.24) is 0 Å². The normalized spacial score (nSPS) is 26.1. The average molecular weight is 372 g/mol.